The van der Waals surface area contributed by atoms with Crippen LogP contribution in [0.1, 0.15) is 0 Å². The normalized spacial score (nSPS) is 11.5. The monoisotopic (exact) mass is 663 g/mol. The minimum atomic E-state index is 0.875. The molecule has 0 unspecified atom stereocenters. The Morgan fingerprint density at radius 2 is 0.904 bits per heavy atom. The van der Waals surface area contributed by atoms with Crippen molar-refractivity contribution >= 4 is 60.5 Å². The highest BCUT2D eigenvalue weighted by atomic mass is 16.3. The zero-order chi connectivity index (χ0) is 34.4. The molecule has 1 aromatic heterocycles. The van der Waals surface area contributed by atoms with Crippen LogP contribution in [0.5, 0.6) is 0 Å². The van der Waals surface area contributed by atoms with E-state index in [9.17, 15) is 0 Å². The molecule has 0 radical (unpaired) electrons. The molecule has 0 aliphatic heterocycles. The van der Waals surface area contributed by atoms with Crippen molar-refractivity contribution < 1.29 is 4.42 Å². The zero-order valence-electron chi connectivity index (χ0n) is 28.4. The molecule has 10 aromatic rings. The predicted molar refractivity (Wildman–Crippen MR) is 220 cm³/mol. The van der Waals surface area contributed by atoms with Crippen LogP contribution in [-0.2, 0) is 0 Å². The predicted octanol–water partition coefficient (Wildman–Crippen LogP) is 14.4. The summed E-state index contributed by atoms with van der Waals surface area (Å²) in [5, 5.41) is 7.20. The molecule has 0 fully saturated rings. The highest BCUT2D eigenvalue weighted by Crippen LogP contribution is 2.44. The van der Waals surface area contributed by atoms with Gasteiger partial charge in [-0.05, 0) is 110 Å². The molecule has 0 bridgehead atoms. The lowest BCUT2D eigenvalue weighted by atomic mass is 9.93. The summed E-state index contributed by atoms with van der Waals surface area (Å²) in [6.45, 7) is 0. The summed E-state index contributed by atoms with van der Waals surface area (Å²) in [6, 6.07) is 71.7. The van der Waals surface area contributed by atoms with E-state index in [1.54, 1.807) is 0 Å². The summed E-state index contributed by atoms with van der Waals surface area (Å²) in [5.74, 6) is 0. The van der Waals surface area contributed by atoms with Gasteiger partial charge in [-0.25, -0.2) is 0 Å². The summed E-state index contributed by atoms with van der Waals surface area (Å²) in [7, 11) is 0. The average molecular weight is 664 g/mol. The van der Waals surface area contributed by atoms with Gasteiger partial charge in [0.05, 0.1) is 11.1 Å². The first kappa shape index (κ1) is 30.0. The summed E-state index contributed by atoms with van der Waals surface area (Å²) >= 11 is 0. The number of anilines is 3. The Bertz CT molecular complexity index is 2890. The number of fused-ring (bicyclic) bond motifs is 5. The van der Waals surface area contributed by atoms with Crippen molar-refractivity contribution in [2.24, 2.45) is 0 Å². The van der Waals surface area contributed by atoms with Gasteiger partial charge in [-0.1, -0.05) is 146 Å². The van der Waals surface area contributed by atoms with Crippen LogP contribution in [0.25, 0.3) is 76.9 Å². The van der Waals surface area contributed by atoms with Crippen molar-refractivity contribution in [3.05, 3.63) is 200 Å². The van der Waals surface area contributed by atoms with Gasteiger partial charge in [0.2, 0.25) is 0 Å². The topological polar surface area (TPSA) is 16.4 Å². The maximum atomic E-state index is 6.34. The number of hydrogen-bond acceptors (Lipinski definition) is 2. The van der Waals surface area contributed by atoms with Crippen molar-refractivity contribution in [3.8, 4) is 33.4 Å². The van der Waals surface area contributed by atoms with E-state index in [2.05, 4.69) is 193 Å². The van der Waals surface area contributed by atoms with Gasteiger partial charge in [-0.15, -0.1) is 0 Å². The third kappa shape index (κ3) is 5.21. The van der Waals surface area contributed by atoms with Crippen LogP contribution in [0.2, 0.25) is 0 Å². The minimum absolute atomic E-state index is 0.875. The summed E-state index contributed by atoms with van der Waals surface area (Å²) < 4.78 is 6.34. The first-order valence-corrected chi connectivity index (χ1v) is 17.8. The Morgan fingerprint density at radius 1 is 0.327 bits per heavy atom. The maximum absolute atomic E-state index is 6.34. The molecule has 0 saturated heterocycles. The third-order valence-electron chi connectivity index (χ3n) is 10.3. The molecular formula is C50H33NO. The highest BCUT2D eigenvalue weighted by Gasteiger charge is 2.19. The number of rotatable bonds is 6. The van der Waals surface area contributed by atoms with Crippen molar-refractivity contribution in [2.45, 2.75) is 0 Å². The quantitative estimate of drug-likeness (QED) is 0.176. The average Bonchev–Trinajstić information content (AvgIpc) is 3.61. The smallest absolute Gasteiger partial charge is 0.137 e. The van der Waals surface area contributed by atoms with E-state index >= 15 is 0 Å². The van der Waals surface area contributed by atoms with Crippen molar-refractivity contribution in [2.75, 3.05) is 4.90 Å². The van der Waals surface area contributed by atoms with Crippen LogP contribution in [0, 0.1) is 0 Å². The van der Waals surface area contributed by atoms with Gasteiger partial charge >= 0.3 is 0 Å². The Hall–Kier alpha value is -6.90. The lowest BCUT2D eigenvalue weighted by Crippen LogP contribution is -2.10. The van der Waals surface area contributed by atoms with Gasteiger partial charge in [0.1, 0.15) is 11.2 Å². The molecule has 9 aromatic carbocycles. The molecule has 0 aliphatic rings. The van der Waals surface area contributed by atoms with Crippen molar-refractivity contribution in [1.29, 1.82) is 0 Å². The fourth-order valence-electron chi connectivity index (χ4n) is 7.67. The Morgan fingerprint density at radius 3 is 1.71 bits per heavy atom. The molecule has 0 N–H and O–H groups in total. The van der Waals surface area contributed by atoms with Crippen LogP contribution in [0.3, 0.4) is 0 Å². The molecule has 0 spiro atoms. The number of furan rings is 1. The first-order chi connectivity index (χ1) is 25.8. The summed E-state index contributed by atoms with van der Waals surface area (Å²) in [6.07, 6.45) is 0. The largest absolute Gasteiger partial charge is 0.456 e. The molecule has 0 aliphatic carbocycles. The van der Waals surface area contributed by atoms with E-state index in [-0.39, 0.29) is 0 Å². The second-order valence-electron chi connectivity index (χ2n) is 13.3. The standard InChI is InChI=1S/C50H33NO/c1-2-10-34(11-3-1)36-24-28-42(29-25-36)51(47-17-9-19-49-50(47)45-15-6-7-18-48(45)52-49)43-30-26-37(27-31-43)40-22-21-38-14-8-16-44(46(38)33-40)41-23-20-35-12-4-5-13-39(35)32-41/h1-33H. The minimum Gasteiger partial charge on any atom is -0.456 e. The highest BCUT2D eigenvalue weighted by molar-refractivity contribution is 6.13. The van der Waals surface area contributed by atoms with Crippen LogP contribution >= 0.6 is 0 Å². The third-order valence-corrected chi connectivity index (χ3v) is 10.3. The van der Waals surface area contributed by atoms with E-state index in [4.69, 9.17) is 4.42 Å². The van der Waals surface area contributed by atoms with Crippen LogP contribution in [-0.4, -0.2) is 0 Å². The van der Waals surface area contributed by atoms with Gasteiger partial charge in [0, 0.05) is 16.8 Å². The van der Waals surface area contributed by atoms with Gasteiger partial charge in [0.15, 0.2) is 0 Å². The van der Waals surface area contributed by atoms with Gasteiger partial charge in [-0.2, -0.15) is 0 Å². The van der Waals surface area contributed by atoms with Gasteiger partial charge < -0.3 is 9.32 Å². The van der Waals surface area contributed by atoms with E-state index in [1.165, 1.54) is 54.9 Å². The Kier molecular flexibility index (Phi) is 7.18. The van der Waals surface area contributed by atoms with E-state index in [0.29, 0.717) is 0 Å². The van der Waals surface area contributed by atoms with Crippen LogP contribution < -0.4 is 4.90 Å². The summed E-state index contributed by atoms with van der Waals surface area (Å²) in [5.41, 5.74) is 12.2. The Balaban J connectivity index is 1.08. The Labute approximate surface area is 302 Å². The number of nitrogens with zero attached hydrogens (tertiary/aromatic N) is 1. The molecule has 0 saturated carbocycles. The fourth-order valence-corrected chi connectivity index (χ4v) is 7.67. The van der Waals surface area contributed by atoms with Gasteiger partial charge in [0.25, 0.3) is 0 Å². The molecule has 2 heteroatoms. The second-order valence-corrected chi connectivity index (χ2v) is 13.3. The first-order valence-electron chi connectivity index (χ1n) is 17.8. The van der Waals surface area contributed by atoms with Crippen molar-refractivity contribution in [3.63, 3.8) is 0 Å². The molecule has 52 heavy (non-hydrogen) atoms. The molecule has 1 heterocycles. The van der Waals surface area contributed by atoms with E-state index < -0.39 is 0 Å². The number of benzene rings is 9. The molecule has 0 amide bonds. The second kappa shape index (κ2) is 12.5. The SMILES string of the molecule is c1ccc(-c2ccc(N(c3ccc(-c4ccc5cccc(-c6ccc7ccccc7c6)c5c4)cc3)c3cccc4oc5ccccc5c34)cc2)cc1. The lowest BCUT2D eigenvalue weighted by molar-refractivity contribution is 0.669. The van der Waals surface area contributed by atoms with E-state index in [0.717, 1.165) is 39.0 Å². The van der Waals surface area contributed by atoms with Crippen LogP contribution in [0.4, 0.5) is 17.1 Å². The molecule has 2 nitrogen and oxygen atoms in total. The molecule has 244 valence electrons. The number of para-hydroxylation sites is 1. The molecule has 0 atom stereocenters. The van der Waals surface area contributed by atoms with Crippen LogP contribution in [0.15, 0.2) is 205 Å². The van der Waals surface area contributed by atoms with E-state index in [1.807, 2.05) is 12.1 Å². The molecule has 10 rings (SSSR count). The fraction of sp³-hybridized carbons (Fsp3) is 0. The molecular weight excluding hydrogens is 631 g/mol. The van der Waals surface area contributed by atoms with Crippen molar-refractivity contribution in [1.82, 2.24) is 0 Å². The number of hydrogen-bond donors (Lipinski definition) is 0. The summed E-state index contributed by atoms with van der Waals surface area (Å²) in [4.78, 5) is 2.35. The van der Waals surface area contributed by atoms with Gasteiger partial charge in [-0.3, -0.25) is 0 Å². The maximum Gasteiger partial charge on any atom is 0.137 e. The lowest BCUT2D eigenvalue weighted by Gasteiger charge is -2.26. The zero-order valence-corrected chi connectivity index (χ0v) is 28.4.